The quantitative estimate of drug-likeness (QED) is 0.697. The Kier molecular flexibility index (Phi) is 3.46. The van der Waals surface area contributed by atoms with Gasteiger partial charge in [0, 0.05) is 26.5 Å². The lowest BCUT2D eigenvalue weighted by Crippen LogP contribution is -2.19. The van der Waals surface area contributed by atoms with Gasteiger partial charge in [-0.25, -0.2) is 9.67 Å². The molecule has 0 bridgehead atoms. The van der Waals surface area contributed by atoms with E-state index in [-0.39, 0.29) is 5.56 Å². The minimum Gasteiger partial charge on any atom is -0.317 e. The molecule has 0 amide bonds. The number of aryl methyl sites for hydroxylation is 1. The highest BCUT2D eigenvalue weighted by Crippen LogP contribution is 2.19. The highest BCUT2D eigenvalue weighted by Gasteiger charge is 2.15. The van der Waals surface area contributed by atoms with Crippen molar-refractivity contribution in [1.29, 1.82) is 0 Å². The third-order valence-corrected chi connectivity index (χ3v) is 3.56. The Balaban J connectivity index is 2.09. The second-order valence-electron chi connectivity index (χ2n) is 4.95. The number of nitrogens with zero attached hydrogens (tertiary/aromatic N) is 6. The van der Waals surface area contributed by atoms with Gasteiger partial charge in [0.15, 0.2) is 5.69 Å². The normalized spacial score (nSPS) is 11.4. The second kappa shape index (κ2) is 5.44. The molecule has 0 atom stereocenters. The standard InChI is InChI=1S/C15H16N6O/c1-11-13(17-18-15-16-9-10-19(15)2)14(22)21(20(11)3)12-7-5-4-6-8-12/h4-10H,1-3H3. The van der Waals surface area contributed by atoms with Gasteiger partial charge < -0.3 is 4.57 Å². The molecule has 3 rings (SSSR count). The molecular formula is C15H16N6O. The largest absolute Gasteiger partial charge is 0.317 e. The summed E-state index contributed by atoms with van der Waals surface area (Å²) < 4.78 is 5.07. The van der Waals surface area contributed by atoms with Gasteiger partial charge in [0.1, 0.15) is 0 Å². The van der Waals surface area contributed by atoms with Crippen LogP contribution in [-0.4, -0.2) is 18.9 Å². The first-order chi connectivity index (χ1) is 10.6. The summed E-state index contributed by atoms with van der Waals surface area (Å²) in [7, 11) is 3.64. The molecule has 0 N–H and O–H groups in total. The Morgan fingerprint density at radius 2 is 1.82 bits per heavy atom. The highest BCUT2D eigenvalue weighted by atomic mass is 16.1. The minimum atomic E-state index is -0.204. The molecular weight excluding hydrogens is 280 g/mol. The molecule has 3 aromatic rings. The lowest BCUT2D eigenvalue weighted by Gasteiger charge is -2.07. The number of hydrogen-bond donors (Lipinski definition) is 0. The molecule has 0 saturated heterocycles. The predicted molar refractivity (Wildman–Crippen MR) is 83.1 cm³/mol. The van der Waals surface area contributed by atoms with E-state index >= 15 is 0 Å². The van der Waals surface area contributed by atoms with Crippen molar-refractivity contribution in [2.24, 2.45) is 24.3 Å². The van der Waals surface area contributed by atoms with Crippen LogP contribution < -0.4 is 5.56 Å². The number of imidazole rings is 1. The van der Waals surface area contributed by atoms with Crippen LogP contribution in [0.5, 0.6) is 0 Å². The van der Waals surface area contributed by atoms with Gasteiger partial charge in [-0.15, -0.1) is 10.2 Å². The van der Waals surface area contributed by atoms with E-state index in [0.717, 1.165) is 11.4 Å². The average molecular weight is 296 g/mol. The summed E-state index contributed by atoms with van der Waals surface area (Å²) in [4.78, 5) is 16.7. The molecule has 0 aliphatic heterocycles. The van der Waals surface area contributed by atoms with Crippen molar-refractivity contribution >= 4 is 11.6 Å². The van der Waals surface area contributed by atoms with E-state index in [9.17, 15) is 4.79 Å². The fourth-order valence-corrected chi connectivity index (χ4v) is 2.22. The number of azo groups is 1. The number of aromatic nitrogens is 4. The molecule has 0 aliphatic rings. The van der Waals surface area contributed by atoms with Gasteiger partial charge in [-0.05, 0) is 19.1 Å². The number of benzene rings is 1. The lowest BCUT2D eigenvalue weighted by molar-refractivity contribution is 0.630. The molecule has 0 saturated carbocycles. The van der Waals surface area contributed by atoms with Crippen molar-refractivity contribution in [3.63, 3.8) is 0 Å². The topological polar surface area (TPSA) is 69.5 Å². The summed E-state index contributed by atoms with van der Waals surface area (Å²) in [6.07, 6.45) is 3.41. The molecule has 2 heterocycles. The Bertz CT molecular complexity index is 885. The van der Waals surface area contributed by atoms with Gasteiger partial charge >= 0.3 is 0 Å². The summed E-state index contributed by atoms with van der Waals surface area (Å²) in [5.41, 5.74) is 1.64. The van der Waals surface area contributed by atoms with E-state index in [2.05, 4.69) is 15.2 Å². The maximum Gasteiger partial charge on any atom is 0.299 e. The Morgan fingerprint density at radius 3 is 2.45 bits per heavy atom. The van der Waals surface area contributed by atoms with E-state index in [1.54, 1.807) is 26.3 Å². The van der Waals surface area contributed by atoms with Crippen LogP contribution in [0, 0.1) is 6.92 Å². The smallest absolute Gasteiger partial charge is 0.299 e. The monoisotopic (exact) mass is 296 g/mol. The molecule has 0 aliphatic carbocycles. The van der Waals surface area contributed by atoms with E-state index in [1.165, 1.54) is 0 Å². The molecule has 0 spiro atoms. The number of para-hydroxylation sites is 1. The maximum absolute atomic E-state index is 12.6. The molecule has 0 radical (unpaired) electrons. The summed E-state index contributed by atoms with van der Waals surface area (Å²) in [5.74, 6) is 0.453. The van der Waals surface area contributed by atoms with Gasteiger partial charge in [0.25, 0.3) is 5.56 Å². The summed E-state index contributed by atoms with van der Waals surface area (Å²) in [5, 5.41) is 8.16. The molecule has 2 aromatic heterocycles. The van der Waals surface area contributed by atoms with Gasteiger partial charge in [-0.3, -0.25) is 9.48 Å². The first kappa shape index (κ1) is 14.0. The van der Waals surface area contributed by atoms with Gasteiger partial charge in [-0.1, -0.05) is 18.2 Å². The Morgan fingerprint density at radius 1 is 1.09 bits per heavy atom. The number of hydrogen-bond acceptors (Lipinski definition) is 4. The van der Waals surface area contributed by atoms with E-state index in [1.807, 2.05) is 51.4 Å². The molecule has 112 valence electrons. The third-order valence-electron chi connectivity index (χ3n) is 3.56. The molecule has 7 nitrogen and oxygen atoms in total. The average Bonchev–Trinajstić information content (AvgIpc) is 3.01. The van der Waals surface area contributed by atoms with Crippen molar-refractivity contribution < 1.29 is 0 Å². The van der Waals surface area contributed by atoms with Crippen molar-refractivity contribution in [1.82, 2.24) is 18.9 Å². The van der Waals surface area contributed by atoms with Crippen LogP contribution in [-0.2, 0) is 14.1 Å². The fourth-order valence-electron chi connectivity index (χ4n) is 2.22. The first-order valence-corrected chi connectivity index (χ1v) is 6.82. The van der Waals surface area contributed by atoms with Crippen LogP contribution in [0.3, 0.4) is 0 Å². The van der Waals surface area contributed by atoms with Crippen molar-refractivity contribution in [2.75, 3.05) is 0 Å². The van der Waals surface area contributed by atoms with Crippen molar-refractivity contribution in [2.45, 2.75) is 6.92 Å². The molecule has 7 heteroatoms. The second-order valence-corrected chi connectivity index (χ2v) is 4.95. The lowest BCUT2D eigenvalue weighted by atomic mass is 10.3. The summed E-state index contributed by atoms with van der Waals surface area (Å²) >= 11 is 0. The fraction of sp³-hybridized carbons (Fsp3) is 0.200. The summed E-state index contributed by atoms with van der Waals surface area (Å²) in [6.45, 7) is 1.84. The van der Waals surface area contributed by atoms with Gasteiger partial charge in [0.2, 0.25) is 5.95 Å². The zero-order valence-electron chi connectivity index (χ0n) is 12.6. The SMILES string of the molecule is Cc1c(N=Nc2nccn2C)c(=O)n(-c2ccccc2)n1C. The van der Waals surface area contributed by atoms with Gasteiger partial charge in [-0.2, -0.15) is 0 Å². The van der Waals surface area contributed by atoms with E-state index < -0.39 is 0 Å². The van der Waals surface area contributed by atoms with Crippen LogP contribution in [0.2, 0.25) is 0 Å². The maximum atomic E-state index is 12.6. The zero-order valence-corrected chi connectivity index (χ0v) is 12.6. The van der Waals surface area contributed by atoms with Crippen LogP contribution in [0.25, 0.3) is 5.69 Å². The molecule has 22 heavy (non-hydrogen) atoms. The van der Waals surface area contributed by atoms with Crippen LogP contribution in [0.4, 0.5) is 11.6 Å². The minimum absolute atomic E-state index is 0.204. The Labute approximate surface area is 127 Å². The predicted octanol–water partition coefficient (Wildman–Crippen LogP) is 2.63. The zero-order chi connectivity index (χ0) is 15.7. The molecule has 0 unspecified atom stereocenters. The van der Waals surface area contributed by atoms with E-state index in [4.69, 9.17) is 0 Å². The van der Waals surface area contributed by atoms with Crippen molar-refractivity contribution in [3.05, 3.63) is 58.8 Å². The molecule has 1 aromatic carbocycles. The van der Waals surface area contributed by atoms with Crippen molar-refractivity contribution in [3.8, 4) is 5.69 Å². The Hall–Kier alpha value is -2.96. The summed E-state index contributed by atoms with van der Waals surface area (Å²) in [6, 6.07) is 9.44. The van der Waals surface area contributed by atoms with E-state index in [0.29, 0.717) is 11.6 Å². The first-order valence-electron chi connectivity index (χ1n) is 6.82. The van der Waals surface area contributed by atoms with Crippen LogP contribution in [0.15, 0.2) is 57.7 Å². The third kappa shape index (κ3) is 2.26. The highest BCUT2D eigenvalue weighted by molar-refractivity contribution is 5.44. The van der Waals surface area contributed by atoms with Gasteiger partial charge in [0.05, 0.1) is 11.4 Å². The molecule has 0 fully saturated rings. The van der Waals surface area contributed by atoms with Crippen LogP contribution in [0.1, 0.15) is 5.69 Å². The number of rotatable bonds is 3. The van der Waals surface area contributed by atoms with Crippen LogP contribution >= 0.6 is 0 Å².